The second-order valence-electron chi connectivity index (χ2n) is 4.52. The first-order chi connectivity index (χ1) is 9.69. The molecule has 0 saturated carbocycles. The van der Waals surface area contributed by atoms with E-state index >= 15 is 0 Å². The molecular formula is C15H15N3OS. The van der Waals surface area contributed by atoms with Gasteiger partial charge in [-0.1, -0.05) is 0 Å². The molecule has 0 fully saturated rings. The standard InChI is InChI=1S/C15H15N3OS/c1-9-10(2)20-15-13(9)14(17-8-18-15)19-12-6-4-11(16-3)5-7-12/h4-8,16H,1-3H3. The molecule has 20 heavy (non-hydrogen) atoms. The number of ether oxygens (including phenoxy) is 1. The average Bonchev–Trinajstić information content (AvgIpc) is 2.76. The first-order valence-corrected chi connectivity index (χ1v) is 7.17. The average molecular weight is 285 g/mol. The Balaban J connectivity index is 2.01. The predicted molar refractivity (Wildman–Crippen MR) is 83.0 cm³/mol. The van der Waals surface area contributed by atoms with Crippen LogP contribution in [0.25, 0.3) is 10.2 Å². The van der Waals surface area contributed by atoms with Gasteiger partial charge in [0.25, 0.3) is 0 Å². The summed E-state index contributed by atoms with van der Waals surface area (Å²) in [5.74, 6) is 1.39. The summed E-state index contributed by atoms with van der Waals surface area (Å²) in [4.78, 5) is 10.8. The largest absolute Gasteiger partial charge is 0.438 e. The van der Waals surface area contributed by atoms with Gasteiger partial charge in [-0.05, 0) is 43.7 Å². The van der Waals surface area contributed by atoms with Crippen LogP contribution in [-0.4, -0.2) is 17.0 Å². The molecule has 0 aliphatic heterocycles. The molecule has 3 aromatic rings. The molecule has 0 spiro atoms. The van der Waals surface area contributed by atoms with Gasteiger partial charge in [-0.3, -0.25) is 0 Å². The lowest BCUT2D eigenvalue weighted by atomic mass is 10.2. The molecule has 0 atom stereocenters. The Hall–Kier alpha value is -2.14. The van der Waals surface area contributed by atoms with Gasteiger partial charge in [0.1, 0.15) is 16.9 Å². The molecule has 0 radical (unpaired) electrons. The van der Waals surface area contributed by atoms with E-state index in [0.717, 1.165) is 21.7 Å². The zero-order chi connectivity index (χ0) is 14.1. The summed E-state index contributed by atoms with van der Waals surface area (Å²) in [5, 5.41) is 4.09. The maximum atomic E-state index is 5.91. The van der Waals surface area contributed by atoms with Crippen LogP contribution < -0.4 is 10.1 Å². The van der Waals surface area contributed by atoms with E-state index in [-0.39, 0.29) is 0 Å². The van der Waals surface area contributed by atoms with Crippen LogP contribution in [0, 0.1) is 13.8 Å². The molecular weight excluding hydrogens is 270 g/mol. The fourth-order valence-electron chi connectivity index (χ4n) is 2.03. The van der Waals surface area contributed by atoms with E-state index in [1.807, 2.05) is 31.3 Å². The molecule has 0 saturated heterocycles. The van der Waals surface area contributed by atoms with Crippen LogP contribution in [0.4, 0.5) is 5.69 Å². The van der Waals surface area contributed by atoms with Crippen LogP contribution in [0.15, 0.2) is 30.6 Å². The van der Waals surface area contributed by atoms with Crippen LogP contribution in [0.1, 0.15) is 10.4 Å². The van der Waals surface area contributed by atoms with E-state index in [0.29, 0.717) is 5.88 Å². The van der Waals surface area contributed by atoms with Crippen molar-refractivity contribution in [3.8, 4) is 11.6 Å². The lowest BCUT2D eigenvalue weighted by Gasteiger charge is -2.07. The zero-order valence-corrected chi connectivity index (χ0v) is 12.4. The predicted octanol–water partition coefficient (Wildman–Crippen LogP) is 4.14. The van der Waals surface area contributed by atoms with Crippen LogP contribution in [0.2, 0.25) is 0 Å². The Morgan fingerprint density at radius 3 is 2.55 bits per heavy atom. The van der Waals surface area contributed by atoms with Gasteiger partial charge in [-0.2, -0.15) is 0 Å². The molecule has 3 rings (SSSR count). The number of hydrogen-bond acceptors (Lipinski definition) is 5. The maximum absolute atomic E-state index is 5.91. The van der Waals surface area contributed by atoms with E-state index in [9.17, 15) is 0 Å². The van der Waals surface area contributed by atoms with E-state index in [1.54, 1.807) is 17.7 Å². The Kier molecular flexibility index (Phi) is 3.28. The minimum atomic E-state index is 0.619. The summed E-state index contributed by atoms with van der Waals surface area (Å²) in [5.41, 5.74) is 2.24. The quantitative estimate of drug-likeness (QED) is 0.785. The lowest BCUT2D eigenvalue weighted by Crippen LogP contribution is -1.91. The molecule has 0 amide bonds. The summed E-state index contributed by atoms with van der Waals surface area (Å²) in [7, 11) is 1.89. The minimum absolute atomic E-state index is 0.619. The highest BCUT2D eigenvalue weighted by atomic mass is 32.1. The number of benzene rings is 1. The highest BCUT2D eigenvalue weighted by molar-refractivity contribution is 7.18. The van der Waals surface area contributed by atoms with Crippen molar-refractivity contribution >= 4 is 27.2 Å². The van der Waals surface area contributed by atoms with Crippen molar-refractivity contribution in [2.45, 2.75) is 13.8 Å². The summed E-state index contributed by atoms with van der Waals surface area (Å²) in [6.07, 6.45) is 1.55. The number of fused-ring (bicyclic) bond motifs is 1. The Morgan fingerprint density at radius 2 is 1.85 bits per heavy atom. The van der Waals surface area contributed by atoms with E-state index < -0.39 is 0 Å². The third-order valence-corrected chi connectivity index (χ3v) is 4.40. The number of hydrogen-bond donors (Lipinski definition) is 1. The monoisotopic (exact) mass is 285 g/mol. The van der Waals surface area contributed by atoms with Gasteiger partial charge in [0, 0.05) is 17.6 Å². The first-order valence-electron chi connectivity index (χ1n) is 6.35. The van der Waals surface area contributed by atoms with Gasteiger partial charge < -0.3 is 10.1 Å². The third kappa shape index (κ3) is 2.20. The number of aryl methyl sites for hydroxylation is 2. The topological polar surface area (TPSA) is 47.0 Å². The van der Waals surface area contributed by atoms with E-state index in [4.69, 9.17) is 4.74 Å². The number of thiophene rings is 1. The first kappa shape index (κ1) is 12.9. The van der Waals surface area contributed by atoms with Crippen molar-refractivity contribution in [3.63, 3.8) is 0 Å². The second kappa shape index (κ2) is 5.09. The van der Waals surface area contributed by atoms with Crippen molar-refractivity contribution in [1.82, 2.24) is 9.97 Å². The van der Waals surface area contributed by atoms with Crippen molar-refractivity contribution in [3.05, 3.63) is 41.0 Å². The number of nitrogens with one attached hydrogen (secondary N) is 1. The molecule has 0 bridgehead atoms. The number of rotatable bonds is 3. The normalized spacial score (nSPS) is 10.8. The van der Waals surface area contributed by atoms with E-state index in [1.165, 1.54) is 10.4 Å². The summed E-state index contributed by atoms with van der Waals surface area (Å²) < 4.78 is 5.91. The number of aromatic nitrogens is 2. The van der Waals surface area contributed by atoms with Crippen LogP contribution in [-0.2, 0) is 0 Å². The molecule has 0 aliphatic rings. The molecule has 2 heterocycles. The van der Waals surface area contributed by atoms with E-state index in [2.05, 4.69) is 29.1 Å². The summed E-state index contributed by atoms with van der Waals surface area (Å²) in [6.45, 7) is 4.17. The Bertz CT molecular complexity index is 750. The molecule has 2 aromatic heterocycles. The van der Waals surface area contributed by atoms with Gasteiger partial charge >= 0.3 is 0 Å². The number of nitrogens with zero attached hydrogens (tertiary/aromatic N) is 2. The Morgan fingerprint density at radius 1 is 1.10 bits per heavy atom. The van der Waals surface area contributed by atoms with Gasteiger partial charge in [-0.25, -0.2) is 9.97 Å². The van der Waals surface area contributed by atoms with Crippen LogP contribution in [0.3, 0.4) is 0 Å². The van der Waals surface area contributed by atoms with Gasteiger partial charge in [-0.15, -0.1) is 11.3 Å². The third-order valence-electron chi connectivity index (χ3n) is 3.29. The van der Waals surface area contributed by atoms with Crippen molar-refractivity contribution in [2.75, 3.05) is 12.4 Å². The highest BCUT2D eigenvalue weighted by Gasteiger charge is 2.13. The molecule has 0 aliphatic carbocycles. The SMILES string of the molecule is CNc1ccc(Oc2ncnc3sc(C)c(C)c23)cc1. The summed E-state index contributed by atoms with van der Waals surface area (Å²) >= 11 is 1.67. The van der Waals surface area contributed by atoms with Gasteiger partial charge in [0.15, 0.2) is 0 Å². The lowest BCUT2D eigenvalue weighted by molar-refractivity contribution is 0.468. The molecule has 4 nitrogen and oxygen atoms in total. The smallest absolute Gasteiger partial charge is 0.231 e. The van der Waals surface area contributed by atoms with Gasteiger partial charge in [0.2, 0.25) is 5.88 Å². The molecule has 1 aromatic carbocycles. The van der Waals surface area contributed by atoms with Crippen LogP contribution >= 0.6 is 11.3 Å². The highest BCUT2D eigenvalue weighted by Crippen LogP contribution is 2.35. The van der Waals surface area contributed by atoms with Crippen molar-refractivity contribution < 1.29 is 4.74 Å². The number of anilines is 1. The fraction of sp³-hybridized carbons (Fsp3) is 0.200. The molecule has 1 N–H and O–H groups in total. The molecule has 102 valence electrons. The maximum Gasteiger partial charge on any atom is 0.231 e. The van der Waals surface area contributed by atoms with Crippen molar-refractivity contribution in [1.29, 1.82) is 0 Å². The van der Waals surface area contributed by atoms with Crippen molar-refractivity contribution in [2.24, 2.45) is 0 Å². The fourth-order valence-corrected chi connectivity index (χ4v) is 3.02. The second-order valence-corrected chi connectivity index (χ2v) is 5.72. The molecule has 0 unspecified atom stereocenters. The minimum Gasteiger partial charge on any atom is -0.438 e. The molecule has 5 heteroatoms. The van der Waals surface area contributed by atoms with Crippen LogP contribution in [0.5, 0.6) is 11.6 Å². The summed E-state index contributed by atoms with van der Waals surface area (Å²) in [6, 6.07) is 7.79. The Labute approximate surface area is 121 Å². The van der Waals surface area contributed by atoms with Gasteiger partial charge in [0.05, 0.1) is 5.39 Å². The zero-order valence-electron chi connectivity index (χ0n) is 11.6.